The van der Waals surface area contributed by atoms with Crippen molar-refractivity contribution in [3.05, 3.63) is 24.4 Å². The average molecular weight is 257 g/mol. The van der Waals surface area contributed by atoms with Crippen molar-refractivity contribution in [2.75, 3.05) is 6.54 Å². The summed E-state index contributed by atoms with van der Waals surface area (Å²) in [7, 11) is 0. The molecule has 2 aromatic heterocycles. The largest absolute Gasteiger partial charge is 0.337 e. The van der Waals surface area contributed by atoms with Gasteiger partial charge in [0.2, 0.25) is 17.5 Å². The van der Waals surface area contributed by atoms with Gasteiger partial charge in [0.05, 0.1) is 6.04 Å². The zero-order chi connectivity index (χ0) is 12.7. The van der Waals surface area contributed by atoms with Crippen LogP contribution in [0.1, 0.15) is 31.2 Å². The molecule has 2 fully saturated rings. The van der Waals surface area contributed by atoms with Crippen molar-refractivity contribution in [3.63, 3.8) is 0 Å². The highest BCUT2D eigenvalue weighted by Gasteiger charge is 2.42. The summed E-state index contributed by atoms with van der Waals surface area (Å²) in [6.07, 6.45) is 7.24. The molecule has 1 N–H and O–H groups in total. The maximum Gasteiger partial charge on any atom is 0.244 e. The van der Waals surface area contributed by atoms with Gasteiger partial charge in [-0.1, -0.05) is 11.6 Å². The van der Waals surface area contributed by atoms with Gasteiger partial charge in [-0.3, -0.25) is 0 Å². The van der Waals surface area contributed by atoms with Crippen LogP contribution in [0.25, 0.3) is 11.6 Å². The molecule has 2 aliphatic rings. The third-order valence-electron chi connectivity index (χ3n) is 4.22. The normalized spacial score (nSPS) is 29.6. The number of hydrogen-bond acceptors (Lipinski definition) is 6. The highest BCUT2D eigenvalue weighted by Crippen LogP contribution is 2.43. The summed E-state index contributed by atoms with van der Waals surface area (Å²) in [5.41, 5.74) is 0. The molecule has 0 radical (unpaired) electrons. The van der Waals surface area contributed by atoms with Crippen molar-refractivity contribution in [2.45, 2.75) is 25.3 Å². The quantitative estimate of drug-likeness (QED) is 0.880. The first-order chi connectivity index (χ1) is 9.42. The lowest BCUT2D eigenvalue weighted by molar-refractivity contribution is 0.302. The molecule has 1 saturated carbocycles. The zero-order valence-corrected chi connectivity index (χ0v) is 10.5. The Balaban J connectivity index is 1.62. The van der Waals surface area contributed by atoms with Crippen LogP contribution in [0.4, 0.5) is 0 Å². The molecule has 6 heteroatoms. The predicted octanol–water partition coefficient (Wildman–Crippen LogP) is 1.59. The molecular weight excluding hydrogens is 242 g/mol. The van der Waals surface area contributed by atoms with Crippen molar-refractivity contribution in [2.24, 2.45) is 11.8 Å². The highest BCUT2D eigenvalue weighted by atomic mass is 16.5. The summed E-state index contributed by atoms with van der Waals surface area (Å²) < 4.78 is 5.41. The van der Waals surface area contributed by atoms with Gasteiger partial charge in [-0.2, -0.15) is 4.98 Å². The summed E-state index contributed by atoms with van der Waals surface area (Å²) in [4.78, 5) is 12.7. The average Bonchev–Trinajstić information content (AvgIpc) is 3.15. The minimum Gasteiger partial charge on any atom is -0.337 e. The van der Waals surface area contributed by atoms with E-state index in [0.29, 0.717) is 23.5 Å². The van der Waals surface area contributed by atoms with E-state index in [1.165, 1.54) is 19.3 Å². The van der Waals surface area contributed by atoms with Gasteiger partial charge >= 0.3 is 0 Å². The number of rotatable bonds is 2. The van der Waals surface area contributed by atoms with E-state index in [1.54, 1.807) is 18.5 Å². The van der Waals surface area contributed by atoms with Crippen LogP contribution in [0.3, 0.4) is 0 Å². The van der Waals surface area contributed by atoms with E-state index in [4.69, 9.17) is 4.52 Å². The SMILES string of the molecule is c1cnc(-c2noc(C3NCC4CCCC43)n2)nc1. The van der Waals surface area contributed by atoms with Crippen LogP contribution in [-0.4, -0.2) is 26.7 Å². The number of nitrogens with one attached hydrogen (secondary N) is 1. The van der Waals surface area contributed by atoms with Gasteiger partial charge in [0.25, 0.3) is 0 Å². The Hall–Kier alpha value is -1.82. The standard InChI is InChI=1S/C13H15N5O/c1-3-8-7-16-10(9(8)4-1)13-17-12(18-19-13)11-14-5-2-6-15-11/h2,5-6,8-10,16H,1,3-4,7H2. The fourth-order valence-electron chi connectivity index (χ4n) is 3.32. The molecule has 3 unspecified atom stereocenters. The molecule has 1 saturated heterocycles. The first-order valence-electron chi connectivity index (χ1n) is 6.76. The van der Waals surface area contributed by atoms with E-state index in [2.05, 4.69) is 25.4 Å². The zero-order valence-electron chi connectivity index (χ0n) is 10.5. The molecule has 2 aromatic rings. The van der Waals surface area contributed by atoms with E-state index >= 15 is 0 Å². The summed E-state index contributed by atoms with van der Waals surface area (Å²) in [6.45, 7) is 1.06. The van der Waals surface area contributed by atoms with Crippen LogP contribution in [0.5, 0.6) is 0 Å². The summed E-state index contributed by atoms with van der Waals surface area (Å²) in [5, 5.41) is 7.50. The van der Waals surface area contributed by atoms with Crippen LogP contribution in [0.2, 0.25) is 0 Å². The van der Waals surface area contributed by atoms with Crippen molar-refractivity contribution in [1.82, 2.24) is 25.4 Å². The minimum atomic E-state index is 0.206. The summed E-state index contributed by atoms with van der Waals surface area (Å²) in [6, 6.07) is 1.98. The van der Waals surface area contributed by atoms with Gasteiger partial charge in [0, 0.05) is 12.4 Å². The second-order valence-electron chi connectivity index (χ2n) is 5.27. The van der Waals surface area contributed by atoms with Crippen molar-refractivity contribution < 1.29 is 4.52 Å². The van der Waals surface area contributed by atoms with Gasteiger partial charge in [-0.15, -0.1) is 0 Å². The number of hydrogen-bond donors (Lipinski definition) is 1. The molecule has 0 amide bonds. The van der Waals surface area contributed by atoms with E-state index in [-0.39, 0.29) is 6.04 Å². The molecule has 1 aliphatic carbocycles. The third-order valence-corrected chi connectivity index (χ3v) is 4.22. The Bertz CT molecular complexity index is 569. The lowest BCUT2D eigenvalue weighted by Crippen LogP contribution is -2.18. The van der Waals surface area contributed by atoms with Gasteiger partial charge in [-0.05, 0) is 37.3 Å². The molecule has 19 heavy (non-hydrogen) atoms. The van der Waals surface area contributed by atoms with E-state index < -0.39 is 0 Å². The molecule has 0 spiro atoms. The van der Waals surface area contributed by atoms with Crippen molar-refractivity contribution in [1.29, 1.82) is 0 Å². The van der Waals surface area contributed by atoms with E-state index in [1.807, 2.05) is 0 Å². The van der Waals surface area contributed by atoms with Gasteiger partial charge in [0.1, 0.15) is 0 Å². The number of aromatic nitrogens is 4. The fourth-order valence-corrected chi connectivity index (χ4v) is 3.32. The Morgan fingerprint density at radius 2 is 2.05 bits per heavy atom. The van der Waals surface area contributed by atoms with Crippen LogP contribution >= 0.6 is 0 Å². The molecule has 3 atom stereocenters. The lowest BCUT2D eigenvalue weighted by Gasteiger charge is -2.13. The van der Waals surface area contributed by atoms with Gasteiger partial charge in [0.15, 0.2) is 0 Å². The Labute approximate surface area is 110 Å². The first kappa shape index (κ1) is 11.0. The smallest absolute Gasteiger partial charge is 0.244 e. The van der Waals surface area contributed by atoms with Gasteiger partial charge < -0.3 is 9.84 Å². The number of fused-ring (bicyclic) bond motifs is 1. The topological polar surface area (TPSA) is 76.7 Å². The fraction of sp³-hybridized carbons (Fsp3) is 0.538. The molecule has 98 valence electrons. The van der Waals surface area contributed by atoms with Crippen LogP contribution in [0, 0.1) is 11.8 Å². The van der Waals surface area contributed by atoms with E-state index in [0.717, 1.165) is 12.5 Å². The van der Waals surface area contributed by atoms with Crippen molar-refractivity contribution >= 4 is 0 Å². The Kier molecular flexibility index (Phi) is 2.55. The minimum absolute atomic E-state index is 0.206. The lowest BCUT2D eigenvalue weighted by atomic mass is 9.94. The maximum atomic E-state index is 5.41. The molecule has 1 aliphatic heterocycles. The molecular formula is C13H15N5O. The molecule has 6 nitrogen and oxygen atoms in total. The highest BCUT2D eigenvalue weighted by molar-refractivity contribution is 5.40. The number of nitrogens with zero attached hydrogens (tertiary/aromatic N) is 4. The first-order valence-corrected chi connectivity index (χ1v) is 6.76. The van der Waals surface area contributed by atoms with Crippen molar-refractivity contribution in [3.8, 4) is 11.6 Å². The maximum absolute atomic E-state index is 5.41. The predicted molar refractivity (Wildman–Crippen MR) is 66.9 cm³/mol. The second kappa shape index (κ2) is 4.38. The summed E-state index contributed by atoms with van der Waals surface area (Å²) >= 11 is 0. The van der Waals surface area contributed by atoms with E-state index in [9.17, 15) is 0 Å². The van der Waals surface area contributed by atoms with Crippen LogP contribution < -0.4 is 5.32 Å². The monoisotopic (exact) mass is 257 g/mol. The molecule has 0 aromatic carbocycles. The Morgan fingerprint density at radius 3 is 2.95 bits per heavy atom. The Morgan fingerprint density at radius 1 is 1.16 bits per heavy atom. The molecule has 0 bridgehead atoms. The summed E-state index contributed by atoms with van der Waals surface area (Å²) in [5.74, 6) is 3.08. The van der Waals surface area contributed by atoms with Crippen LogP contribution in [0.15, 0.2) is 23.0 Å². The third kappa shape index (κ3) is 1.83. The van der Waals surface area contributed by atoms with Gasteiger partial charge in [-0.25, -0.2) is 9.97 Å². The van der Waals surface area contributed by atoms with Crippen LogP contribution in [-0.2, 0) is 0 Å². The molecule has 4 rings (SSSR count). The second-order valence-corrected chi connectivity index (χ2v) is 5.27. The molecule has 3 heterocycles.